The van der Waals surface area contributed by atoms with Crippen molar-refractivity contribution in [1.29, 1.82) is 5.26 Å². The van der Waals surface area contributed by atoms with E-state index in [1.54, 1.807) is 6.33 Å². The lowest BCUT2D eigenvalue weighted by atomic mass is 10.1. The summed E-state index contributed by atoms with van der Waals surface area (Å²) in [6.07, 6.45) is 4.74. The molecule has 2 aromatic heterocycles. The molecule has 1 atom stereocenters. The molecular weight excluding hydrogens is 300 g/mol. The molecule has 0 spiro atoms. The minimum atomic E-state index is 0.292. The van der Waals surface area contributed by atoms with Gasteiger partial charge in [0, 0.05) is 30.9 Å². The van der Waals surface area contributed by atoms with Crippen LogP contribution in [0.5, 0.6) is 0 Å². The van der Waals surface area contributed by atoms with Crippen LogP contribution in [0.2, 0.25) is 0 Å². The van der Waals surface area contributed by atoms with Gasteiger partial charge in [0.25, 0.3) is 0 Å². The lowest BCUT2D eigenvalue weighted by Gasteiger charge is -2.34. The molecule has 0 amide bonds. The molecule has 1 unspecified atom stereocenters. The third-order valence-corrected chi connectivity index (χ3v) is 4.37. The molecule has 6 heteroatoms. The first-order valence-corrected chi connectivity index (χ1v) is 8.39. The minimum Gasteiger partial charge on any atom is -0.366 e. The maximum absolute atomic E-state index is 9.13. The second-order valence-corrected chi connectivity index (χ2v) is 6.12. The van der Waals surface area contributed by atoms with Crippen LogP contribution in [0.15, 0.2) is 24.5 Å². The molecule has 124 valence electrons. The van der Waals surface area contributed by atoms with E-state index in [1.165, 1.54) is 0 Å². The van der Waals surface area contributed by atoms with Crippen molar-refractivity contribution in [2.75, 3.05) is 23.3 Å². The van der Waals surface area contributed by atoms with Gasteiger partial charge in [-0.05, 0) is 37.8 Å². The summed E-state index contributed by atoms with van der Waals surface area (Å²) in [5.74, 6) is 1.75. The van der Waals surface area contributed by atoms with Crippen molar-refractivity contribution in [3.63, 3.8) is 0 Å². The number of piperidine rings is 1. The highest BCUT2D eigenvalue weighted by Crippen LogP contribution is 2.21. The summed E-state index contributed by atoms with van der Waals surface area (Å²) in [5, 5.41) is 12.6. The van der Waals surface area contributed by atoms with E-state index in [-0.39, 0.29) is 0 Å². The normalized spacial score (nSPS) is 17.4. The smallest absolute Gasteiger partial charge is 0.145 e. The van der Waals surface area contributed by atoms with Gasteiger partial charge in [0.1, 0.15) is 29.7 Å². The third-order valence-electron chi connectivity index (χ3n) is 4.37. The Morgan fingerprint density at radius 1 is 1.38 bits per heavy atom. The molecule has 0 radical (unpaired) electrons. The highest BCUT2D eigenvalue weighted by atomic mass is 15.2. The van der Waals surface area contributed by atoms with Crippen LogP contribution in [0.25, 0.3) is 0 Å². The quantitative estimate of drug-likeness (QED) is 0.932. The zero-order chi connectivity index (χ0) is 16.9. The molecule has 1 N–H and O–H groups in total. The van der Waals surface area contributed by atoms with E-state index >= 15 is 0 Å². The Morgan fingerprint density at radius 3 is 3.04 bits per heavy atom. The number of anilines is 2. The summed E-state index contributed by atoms with van der Waals surface area (Å²) in [6.45, 7) is 5.88. The van der Waals surface area contributed by atoms with Gasteiger partial charge in [0.2, 0.25) is 0 Å². The molecule has 6 nitrogen and oxygen atoms in total. The lowest BCUT2D eigenvalue weighted by Crippen LogP contribution is -2.42. The zero-order valence-electron chi connectivity index (χ0n) is 14.2. The van der Waals surface area contributed by atoms with Gasteiger partial charge in [-0.2, -0.15) is 5.26 Å². The molecule has 0 aliphatic carbocycles. The van der Waals surface area contributed by atoms with Crippen LogP contribution in [0.4, 0.5) is 11.6 Å². The predicted molar refractivity (Wildman–Crippen MR) is 94.0 cm³/mol. The van der Waals surface area contributed by atoms with Gasteiger partial charge in [-0.15, -0.1) is 0 Å². The molecule has 3 heterocycles. The van der Waals surface area contributed by atoms with Crippen molar-refractivity contribution in [3.05, 3.63) is 41.5 Å². The summed E-state index contributed by atoms with van der Waals surface area (Å²) >= 11 is 0. The fourth-order valence-corrected chi connectivity index (χ4v) is 2.99. The van der Waals surface area contributed by atoms with E-state index in [4.69, 9.17) is 5.26 Å². The molecule has 1 aliphatic rings. The van der Waals surface area contributed by atoms with Crippen molar-refractivity contribution >= 4 is 11.6 Å². The number of rotatable bonds is 4. The first-order chi connectivity index (χ1) is 11.7. The van der Waals surface area contributed by atoms with Gasteiger partial charge in [0.05, 0.1) is 0 Å². The van der Waals surface area contributed by atoms with Gasteiger partial charge in [-0.1, -0.05) is 13.0 Å². The Kier molecular flexibility index (Phi) is 4.90. The van der Waals surface area contributed by atoms with Gasteiger partial charge in [-0.3, -0.25) is 0 Å². The first kappa shape index (κ1) is 16.2. The minimum absolute atomic E-state index is 0.292. The molecule has 0 bridgehead atoms. The topological polar surface area (TPSA) is 77.7 Å². The highest BCUT2D eigenvalue weighted by molar-refractivity contribution is 5.45. The number of hydrogen-bond donors (Lipinski definition) is 1. The average Bonchev–Trinajstić information content (AvgIpc) is 2.63. The maximum Gasteiger partial charge on any atom is 0.145 e. The molecule has 0 aromatic carbocycles. The largest absolute Gasteiger partial charge is 0.366 e. The van der Waals surface area contributed by atoms with Crippen molar-refractivity contribution in [3.8, 4) is 6.07 Å². The van der Waals surface area contributed by atoms with Crippen LogP contribution in [-0.2, 0) is 6.42 Å². The fourth-order valence-electron chi connectivity index (χ4n) is 2.99. The number of nitrogens with zero attached hydrogens (tertiary/aromatic N) is 5. The Labute approximate surface area is 142 Å². The van der Waals surface area contributed by atoms with E-state index in [9.17, 15) is 0 Å². The Hall–Kier alpha value is -2.68. The summed E-state index contributed by atoms with van der Waals surface area (Å²) in [5.41, 5.74) is 2.45. The number of nitrogens with one attached hydrogen (secondary N) is 1. The first-order valence-electron chi connectivity index (χ1n) is 8.39. The Balaban J connectivity index is 1.70. The summed E-state index contributed by atoms with van der Waals surface area (Å²) in [6, 6.07) is 8.38. The molecule has 24 heavy (non-hydrogen) atoms. The van der Waals surface area contributed by atoms with E-state index in [0.717, 1.165) is 55.2 Å². The highest BCUT2D eigenvalue weighted by Gasteiger charge is 2.21. The van der Waals surface area contributed by atoms with Crippen LogP contribution in [0.1, 0.15) is 36.7 Å². The van der Waals surface area contributed by atoms with Crippen LogP contribution in [0.3, 0.4) is 0 Å². The van der Waals surface area contributed by atoms with Crippen molar-refractivity contribution in [2.45, 2.75) is 39.2 Å². The summed E-state index contributed by atoms with van der Waals surface area (Å²) in [7, 11) is 0. The molecule has 1 fully saturated rings. The van der Waals surface area contributed by atoms with Crippen LogP contribution in [-0.4, -0.2) is 34.1 Å². The number of hydrogen-bond acceptors (Lipinski definition) is 6. The molecule has 1 saturated heterocycles. The van der Waals surface area contributed by atoms with Crippen molar-refractivity contribution in [2.24, 2.45) is 0 Å². The number of nitriles is 1. The molecule has 0 saturated carbocycles. The molecule has 1 aliphatic heterocycles. The number of aromatic nitrogens is 3. The van der Waals surface area contributed by atoms with Gasteiger partial charge in [0.15, 0.2) is 0 Å². The Bertz CT molecular complexity index is 751. The molecular formula is C18H22N6. The molecule has 3 rings (SSSR count). The standard InChI is InChI=1S/C18H22N6/c1-3-14-9-18(21-12-20-14)24-8-4-5-15(11-24)22-17-7-6-13(2)16(10-19)23-17/h6-7,9,12,15H,3-5,8,11H2,1-2H3,(H,22,23). The second-order valence-electron chi connectivity index (χ2n) is 6.12. The van der Waals surface area contributed by atoms with Crippen LogP contribution < -0.4 is 10.2 Å². The van der Waals surface area contributed by atoms with Crippen LogP contribution >= 0.6 is 0 Å². The zero-order valence-corrected chi connectivity index (χ0v) is 14.2. The average molecular weight is 322 g/mol. The second kappa shape index (κ2) is 7.26. The Morgan fingerprint density at radius 2 is 2.25 bits per heavy atom. The van der Waals surface area contributed by atoms with Gasteiger partial charge in [-0.25, -0.2) is 15.0 Å². The molecule has 2 aromatic rings. The SMILES string of the molecule is CCc1cc(N2CCCC(Nc3ccc(C)c(C#N)n3)C2)ncn1. The van der Waals surface area contributed by atoms with Gasteiger partial charge >= 0.3 is 0 Å². The van der Waals surface area contributed by atoms with Crippen molar-refractivity contribution < 1.29 is 0 Å². The maximum atomic E-state index is 9.13. The van der Waals surface area contributed by atoms with E-state index in [2.05, 4.69) is 44.2 Å². The van der Waals surface area contributed by atoms with Gasteiger partial charge < -0.3 is 10.2 Å². The third kappa shape index (κ3) is 3.62. The predicted octanol–water partition coefficient (Wildman–Crippen LogP) is 2.70. The van der Waals surface area contributed by atoms with Crippen molar-refractivity contribution in [1.82, 2.24) is 15.0 Å². The van der Waals surface area contributed by atoms with Crippen LogP contribution in [0, 0.1) is 18.3 Å². The van der Waals surface area contributed by atoms with E-state index < -0.39 is 0 Å². The van der Waals surface area contributed by atoms with E-state index in [1.807, 2.05) is 19.1 Å². The number of aryl methyl sites for hydroxylation is 2. The fraction of sp³-hybridized carbons (Fsp3) is 0.444. The van der Waals surface area contributed by atoms with E-state index in [0.29, 0.717) is 11.7 Å². The summed E-state index contributed by atoms with van der Waals surface area (Å²) in [4.78, 5) is 15.4. The monoisotopic (exact) mass is 322 g/mol. The summed E-state index contributed by atoms with van der Waals surface area (Å²) < 4.78 is 0. The number of pyridine rings is 1. The lowest BCUT2D eigenvalue weighted by molar-refractivity contribution is 0.525.